The zero-order valence-electron chi connectivity index (χ0n) is 11.5. The minimum Gasteiger partial charge on any atom is -0.433 e. The van der Waals surface area contributed by atoms with Gasteiger partial charge in [-0.1, -0.05) is 17.5 Å². The van der Waals surface area contributed by atoms with Gasteiger partial charge in [-0.25, -0.2) is 0 Å². The van der Waals surface area contributed by atoms with Crippen molar-refractivity contribution in [2.75, 3.05) is 25.0 Å². The molecule has 3 nitrogen and oxygen atoms in total. The topological polar surface area (TPSA) is 24.5 Å². The number of alkyl halides is 2. The van der Waals surface area contributed by atoms with E-state index in [1.54, 1.807) is 12.1 Å². The molecule has 1 aliphatic heterocycles. The second-order valence-electron chi connectivity index (χ2n) is 4.92. The summed E-state index contributed by atoms with van der Waals surface area (Å²) in [5, 5.41) is 3.53. The van der Waals surface area contributed by atoms with Crippen LogP contribution in [0.25, 0.3) is 0 Å². The number of halogens is 3. The predicted octanol–water partition coefficient (Wildman–Crippen LogP) is 3.45. The number of anilines is 1. The van der Waals surface area contributed by atoms with Crippen LogP contribution in [0.15, 0.2) is 18.2 Å². The Kier molecular flexibility index (Phi) is 5.66. The van der Waals surface area contributed by atoms with Crippen LogP contribution in [0.5, 0.6) is 5.75 Å². The number of piperidine rings is 1. The van der Waals surface area contributed by atoms with Crippen molar-refractivity contribution in [2.45, 2.75) is 25.5 Å². The summed E-state index contributed by atoms with van der Waals surface area (Å²) < 4.78 is 28.6. The Balaban J connectivity index is 1.89. The van der Waals surface area contributed by atoms with Crippen molar-refractivity contribution in [3.63, 3.8) is 0 Å². The number of nitrogens with zero attached hydrogens (tertiary/aromatic N) is 1. The molecule has 0 aromatic heterocycles. The summed E-state index contributed by atoms with van der Waals surface area (Å²) in [5.41, 5.74) is 0.803. The van der Waals surface area contributed by atoms with Gasteiger partial charge in [0.25, 0.3) is 0 Å². The smallest absolute Gasteiger partial charge is 0.387 e. The molecule has 0 aliphatic carbocycles. The molecular weight excluding hydrogens is 298 g/mol. The molecule has 0 unspecified atom stereocenters. The van der Waals surface area contributed by atoms with Gasteiger partial charge in [0, 0.05) is 24.8 Å². The Hall–Kier alpha value is -1.51. The van der Waals surface area contributed by atoms with E-state index in [1.165, 1.54) is 6.07 Å². The molecule has 0 saturated carbocycles. The summed E-state index contributed by atoms with van der Waals surface area (Å²) in [6.45, 7) is -0.301. The molecule has 114 valence electrons. The molecular formula is C15H17ClF2N2O. The third-order valence-electron chi connectivity index (χ3n) is 3.42. The summed E-state index contributed by atoms with van der Waals surface area (Å²) in [5.74, 6) is 2.63. The maximum absolute atomic E-state index is 12.2. The Labute approximate surface area is 128 Å². The van der Waals surface area contributed by atoms with Crippen molar-refractivity contribution in [1.29, 1.82) is 0 Å². The minimum absolute atomic E-state index is 0.0129. The van der Waals surface area contributed by atoms with Gasteiger partial charge in [-0.15, -0.1) is 6.42 Å². The van der Waals surface area contributed by atoms with Crippen LogP contribution < -0.4 is 10.1 Å². The van der Waals surface area contributed by atoms with Crippen LogP contribution in [-0.4, -0.2) is 37.2 Å². The van der Waals surface area contributed by atoms with Gasteiger partial charge in [0.05, 0.1) is 11.6 Å². The number of benzene rings is 1. The molecule has 21 heavy (non-hydrogen) atoms. The maximum atomic E-state index is 12.2. The highest BCUT2D eigenvalue weighted by atomic mass is 35.5. The van der Waals surface area contributed by atoms with Gasteiger partial charge >= 0.3 is 6.61 Å². The third kappa shape index (κ3) is 4.76. The van der Waals surface area contributed by atoms with E-state index in [9.17, 15) is 8.78 Å². The molecule has 0 spiro atoms. The van der Waals surface area contributed by atoms with Crippen molar-refractivity contribution in [2.24, 2.45) is 0 Å². The van der Waals surface area contributed by atoms with E-state index in [4.69, 9.17) is 18.0 Å². The van der Waals surface area contributed by atoms with Gasteiger partial charge in [0.15, 0.2) is 0 Å². The molecule has 1 aliphatic rings. The quantitative estimate of drug-likeness (QED) is 0.843. The molecule has 1 N–H and O–H groups in total. The first-order chi connectivity index (χ1) is 10.1. The number of ether oxygens (including phenoxy) is 1. The fourth-order valence-electron chi connectivity index (χ4n) is 2.38. The fourth-order valence-corrected chi connectivity index (χ4v) is 2.61. The van der Waals surface area contributed by atoms with Crippen molar-refractivity contribution in [1.82, 2.24) is 4.90 Å². The summed E-state index contributed by atoms with van der Waals surface area (Å²) in [4.78, 5) is 2.23. The van der Waals surface area contributed by atoms with E-state index in [0.29, 0.717) is 12.6 Å². The first-order valence-corrected chi connectivity index (χ1v) is 7.13. The standard InChI is InChI=1S/C15H17ClF2N2O/c1-2-7-20-8-5-11(6-9-20)19-12-3-4-14(13(16)10-12)21-15(17)18/h1,3-4,10-11,15,19H,5-9H2. The van der Waals surface area contributed by atoms with E-state index in [1.807, 2.05) is 0 Å². The van der Waals surface area contributed by atoms with Crippen LogP contribution in [0.2, 0.25) is 5.02 Å². The van der Waals surface area contributed by atoms with Crippen molar-refractivity contribution >= 4 is 17.3 Å². The fraction of sp³-hybridized carbons (Fsp3) is 0.467. The first-order valence-electron chi connectivity index (χ1n) is 6.75. The van der Waals surface area contributed by atoms with Gasteiger partial charge in [-0.3, -0.25) is 4.90 Å². The van der Waals surface area contributed by atoms with Gasteiger partial charge < -0.3 is 10.1 Å². The van der Waals surface area contributed by atoms with E-state index in [2.05, 4.69) is 20.9 Å². The van der Waals surface area contributed by atoms with Gasteiger partial charge in [-0.05, 0) is 31.0 Å². The van der Waals surface area contributed by atoms with Gasteiger partial charge in [0.2, 0.25) is 0 Å². The molecule has 0 radical (unpaired) electrons. The minimum atomic E-state index is -2.87. The monoisotopic (exact) mass is 314 g/mol. The molecule has 2 rings (SSSR count). The number of hydrogen-bond donors (Lipinski definition) is 1. The zero-order chi connectivity index (χ0) is 15.2. The van der Waals surface area contributed by atoms with E-state index in [0.717, 1.165) is 31.6 Å². The number of rotatable bonds is 5. The average Bonchev–Trinajstić information content (AvgIpc) is 2.44. The highest BCUT2D eigenvalue weighted by Crippen LogP contribution is 2.29. The number of terminal acetylenes is 1. The summed E-state index contributed by atoms with van der Waals surface area (Å²) in [6, 6.07) is 5.08. The largest absolute Gasteiger partial charge is 0.433 e. The van der Waals surface area contributed by atoms with Gasteiger partial charge in [0.1, 0.15) is 5.75 Å². The average molecular weight is 315 g/mol. The molecule has 1 aromatic carbocycles. The molecule has 0 bridgehead atoms. The molecule has 1 aromatic rings. The highest BCUT2D eigenvalue weighted by Gasteiger charge is 2.18. The molecule has 0 atom stereocenters. The van der Waals surface area contributed by atoms with Crippen LogP contribution in [0, 0.1) is 12.3 Å². The third-order valence-corrected chi connectivity index (χ3v) is 3.72. The maximum Gasteiger partial charge on any atom is 0.387 e. The lowest BCUT2D eigenvalue weighted by molar-refractivity contribution is -0.0497. The summed E-state index contributed by atoms with van der Waals surface area (Å²) >= 11 is 5.93. The number of likely N-dealkylation sites (tertiary alicyclic amines) is 1. The second kappa shape index (κ2) is 7.48. The molecule has 1 saturated heterocycles. The van der Waals surface area contributed by atoms with Crippen LogP contribution in [-0.2, 0) is 0 Å². The Morgan fingerprint density at radius 3 is 2.71 bits per heavy atom. The van der Waals surface area contributed by atoms with Crippen LogP contribution in [0.1, 0.15) is 12.8 Å². The zero-order valence-corrected chi connectivity index (χ0v) is 12.2. The van der Waals surface area contributed by atoms with Crippen molar-refractivity contribution < 1.29 is 13.5 Å². The van der Waals surface area contributed by atoms with Crippen molar-refractivity contribution in [3.05, 3.63) is 23.2 Å². The lowest BCUT2D eigenvalue weighted by Gasteiger charge is -2.31. The molecule has 0 amide bonds. The number of hydrogen-bond acceptors (Lipinski definition) is 3. The Morgan fingerprint density at radius 2 is 2.14 bits per heavy atom. The van der Waals surface area contributed by atoms with E-state index in [-0.39, 0.29) is 10.8 Å². The van der Waals surface area contributed by atoms with E-state index >= 15 is 0 Å². The van der Waals surface area contributed by atoms with E-state index < -0.39 is 6.61 Å². The summed E-state index contributed by atoms with van der Waals surface area (Å²) in [6.07, 6.45) is 7.26. The lowest BCUT2D eigenvalue weighted by atomic mass is 10.0. The second-order valence-corrected chi connectivity index (χ2v) is 5.33. The summed E-state index contributed by atoms with van der Waals surface area (Å²) in [7, 11) is 0. The SMILES string of the molecule is C#CCN1CCC(Nc2ccc(OC(F)F)c(Cl)c2)CC1. The Bertz CT molecular complexity index is 511. The lowest BCUT2D eigenvalue weighted by Crippen LogP contribution is -2.39. The Morgan fingerprint density at radius 1 is 1.43 bits per heavy atom. The number of nitrogens with one attached hydrogen (secondary N) is 1. The van der Waals surface area contributed by atoms with Crippen LogP contribution in [0.3, 0.4) is 0 Å². The highest BCUT2D eigenvalue weighted by molar-refractivity contribution is 6.32. The van der Waals surface area contributed by atoms with Crippen LogP contribution in [0.4, 0.5) is 14.5 Å². The van der Waals surface area contributed by atoms with Gasteiger partial charge in [-0.2, -0.15) is 8.78 Å². The van der Waals surface area contributed by atoms with Crippen LogP contribution >= 0.6 is 11.6 Å². The normalized spacial score (nSPS) is 16.7. The molecule has 1 heterocycles. The predicted molar refractivity (Wildman–Crippen MR) is 80.0 cm³/mol. The first kappa shape index (κ1) is 15.9. The molecule has 6 heteroatoms. The van der Waals surface area contributed by atoms with Crippen molar-refractivity contribution in [3.8, 4) is 18.1 Å². The molecule has 1 fully saturated rings.